The van der Waals surface area contributed by atoms with E-state index in [1.807, 2.05) is 47.9 Å². The highest BCUT2D eigenvalue weighted by molar-refractivity contribution is 5.95. The van der Waals surface area contributed by atoms with Crippen molar-refractivity contribution in [3.05, 3.63) is 53.3 Å². The molecule has 1 aliphatic rings. The lowest BCUT2D eigenvalue weighted by atomic mass is 10.1. The number of hydrogen-bond donors (Lipinski definition) is 1. The van der Waals surface area contributed by atoms with Crippen LogP contribution in [0.5, 0.6) is 5.75 Å². The molecule has 0 aliphatic carbocycles. The van der Waals surface area contributed by atoms with Crippen molar-refractivity contribution < 1.29 is 14.3 Å². The molecule has 2 heterocycles. The van der Waals surface area contributed by atoms with Crippen molar-refractivity contribution in [1.82, 2.24) is 14.8 Å². The van der Waals surface area contributed by atoms with Crippen LogP contribution in [0.1, 0.15) is 39.8 Å². The molecule has 3 rings (SSSR count). The predicted octanol–water partition coefficient (Wildman–Crippen LogP) is 2.71. The van der Waals surface area contributed by atoms with Crippen LogP contribution < -0.4 is 4.74 Å². The highest BCUT2D eigenvalue weighted by atomic mass is 16.5. The smallest absolute Gasteiger partial charge is 0.270 e. The molecule has 0 bridgehead atoms. The third-order valence-corrected chi connectivity index (χ3v) is 4.62. The molecule has 6 heteroatoms. The van der Waals surface area contributed by atoms with Gasteiger partial charge in [-0.3, -0.25) is 9.59 Å². The van der Waals surface area contributed by atoms with E-state index < -0.39 is 0 Å². The van der Waals surface area contributed by atoms with Gasteiger partial charge in [-0.25, -0.2) is 0 Å². The number of aromatic nitrogens is 1. The molecule has 0 radical (unpaired) electrons. The number of carbonyl (C=O) groups is 2. The Morgan fingerprint density at radius 2 is 1.81 bits per heavy atom. The van der Waals surface area contributed by atoms with Crippen LogP contribution in [-0.2, 0) is 0 Å². The maximum atomic E-state index is 12.9. The zero-order valence-electron chi connectivity index (χ0n) is 15.3. The topological polar surface area (TPSA) is 65.6 Å². The van der Waals surface area contributed by atoms with Crippen molar-refractivity contribution in [3.63, 3.8) is 0 Å². The van der Waals surface area contributed by atoms with Gasteiger partial charge in [-0.05, 0) is 56.2 Å². The van der Waals surface area contributed by atoms with Crippen LogP contribution >= 0.6 is 0 Å². The zero-order valence-corrected chi connectivity index (χ0v) is 15.3. The Morgan fingerprint density at radius 3 is 2.42 bits per heavy atom. The number of hydrogen-bond acceptors (Lipinski definition) is 3. The number of ether oxygens (including phenoxy) is 1. The second-order valence-corrected chi connectivity index (χ2v) is 6.44. The van der Waals surface area contributed by atoms with E-state index in [9.17, 15) is 9.59 Å². The van der Waals surface area contributed by atoms with Crippen LogP contribution in [0.2, 0.25) is 0 Å². The number of nitrogens with zero attached hydrogens (tertiary/aromatic N) is 2. The van der Waals surface area contributed by atoms with Gasteiger partial charge < -0.3 is 19.5 Å². The normalized spacial score (nSPS) is 14.8. The Hall–Kier alpha value is -2.76. The summed E-state index contributed by atoms with van der Waals surface area (Å²) in [6.45, 7) is 6.88. The molecule has 1 aromatic heterocycles. The van der Waals surface area contributed by atoms with E-state index in [1.54, 1.807) is 12.3 Å². The molecule has 1 fully saturated rings. The van der Waals surface area contributed by atoms with Crippen LogP contribution in [-0.4, -0.2) is 59.4 Å². The van der Waals surface area contributed by atoms with Crippen molar-refractivity contribution in [2.45, 2.75) is 20.3 Å². The number of rotatable bonds is 4. The monoisotopic (exact) mass is 355 g/mol. The van der Waals surface area contributed by atoms with Crippen molar-refractivity contribution in [3.8, 4) is 5.75 Å². The first-order valence-electron chi connectivity index (χ1n) is 9.05. The third kappa shape index (κ3) is 3.90. The first-order valence-corrected chi connectivity index (χ1v) is 9.05. The molecule has 1 N–H and O–H groups in total. The molecular formula is C20H25N3O3. The van der Waals surface area contributed by atoms with E-state index in [0.717, 1.165) is 17.7 Å². The standard InChI is InChI=1S/C20H25N3O3/c1-3-26-18-8-7-16(14-15(18)2)19(24)22-10-5-11-23(13-12-22)20(25)17-6-4-9-21-17/h4,6-9,14,21H,3,5,10-13H2,1-2H3. The molecule has 0 unspecified atom stereocenters. The average molecular weight is 355 g/mol. The maximum Gasteiger partial charge on any atom is 0.270 e. The third-order valence-electron chi connectivity index (χ3n) is 4.62. The van der Waals surface area contributed by atoms with Gasteiger partial charge in [0.15, 0.2) is 0 Å². The Labute approximate surface area is 153 Å². The highest BCUT2D eigenvalue weighted by Gasteiger charge is 2.24. The summed E-state index contributed by atoms with van der Waals surface area (Å²) in [4.78, 5) is 31.9. The molecule has 0 spiro atoms. The van der Waals surface area contributed by atoms with Gasteiger partial charge in [-0.2, -0.15) is 0 Å². The summed E-state index contributed by atoms with van der Waals surface area (Å²) >= 11 is 0. The summed E-state index contributed by atoms with van der Waals surface area (Å²) in [6.07, 6.45) is 2.52. The largest absolute Gasteiger partial charge is 0.494 e. The molecule has 6 nitrogen and oxygen atoms in total. The van der Waals surface area contributed by atoms with E-state index in [4.69, 9.17) is 4.74 Å². The fourth-order valence-electron chi connectivity index (χ4n) is 3.24. The quantitative estimate of drug-likeness (QED) is 0.917. The summed E-state index contributed by atoms with van der Waals surface area (Å²) < 4.78 is 5.54. The lowest BCUT2D eigenvalue weighted by Crippen LogP contribution is -2.37. The van der Waals surface area contributed by atoms with Crippen LogP contribution in [0, 0.1) is 6.92 Å². The number of benzene rings is 1. The average Bonchev–Trinajstić information content (AvgIpc) is 3.07. The van der Waals surface area contributed by atoms with Gasteiger partial charge in [0, 0.05) is 37.9 Å². The minimum Gasteiger partial charge on any atom is -0.494 e. The van der Waals surface area contributed by atoms with Crippen molar-refractivity contribution in [2.75, 3.05) is 32.8 Å². The van der Waals surface area contributed by atoms with Crippen molar-refractivity contribution in [1.29, 1.82) is 0 Å². The van der Waals surface area contributed by atoms with E-state index in [-0.39, 0.29) is 11.8 Å². The number of carbonyl (C=O) groups excluding carboxylic acids is 2. The Morgan fingerprint density at radius 1 is 1.08 bits per heavy atom. The predicted molar refractivity (Wildman–Crippen MR) is 99.6 cm³/mol. The highest BCUT2D eigenvalue weighted by Crippen LogP contribution is 2.20. The second-order valence-electron chi connectivity index (χ2n) is 6.44. The van der Waals surface area contributed by atoms with Crippen molar-refractivity contribution in [2.24, 2.45) is 0 Å². The molecule has 1 aromatic carbocycles. The molecule has 1 saturated heterocycles. The fourth-order valence-corrected chi connectivity index (χ4v) is 3.24. The maximum absolute atomic E-state index is 12.9. The molecule has 0 saturated carbocycles. The first-order chi connectivity index (χ1) is 12.6. The van der Waals surface area contributed by atoms with Crippen LogP contribution in [0.25, 0.3) is 0 Å². The number of nitrogens with one attached hydrogen (secondary N) is 1. The van der Waals surface area contributed by atoms with Gasteiger partial charge in [0.1, 0.15) is 11.4 Å². The molecule has 2 amide bonds. The van der Waals surface area contributed by atoms with E-state index >= 15 is 0 Å². The fraction of sp³-hybridized carbons (Fsp3) is 0.400. The molecule has 0 atom stereocenters. The van der Waals surface area contributed by atoms with Crippen LogP contribution in [0.15, 0.2) is 36.5 Å². The summed E-state index contributed by atoms with van der Waals surface area (Å²) in [6, 6.07) is 9.13. The Balaban J connectivity index is 1.66. The number of H-pyrrole nitrogens is 1. The second kappa shape index (κ2) is 8.08. The Kier molecular flexibility index (Phi) is 5.61. The molecule has 2 aromatic rings. The van der Waals surface area contributed by atoms with E-state index in [1.165, 1.54) is 0 Å². The van der Waals surface area contributed by atoms with Gasteiger partial charge >= 0.3 is 0 Å². The molecule has 26 heavy (non-hydrogen) atoms. The summed E-state index contributed by atoms with van der Waals surface area (Å²) in [5.41, 5.74) is 2.21. The lowest BCUT2D eigenvalue weighted by molar-refractivity contribution is 0.0716. The molecule has 138 valence electrons. The van der Waals surface area contributed by atoms with Gasteiger partial charge in [-0.15, -0.1) is 0 Å². The number of aryl methyl sites for hydroxylation is 1. The first kappa shape index (κ1) is 18.0. The summed E-state index contributed by atoms with van der Waals surface area (Å²) in [5, 5.41) is 0. The van der Waals surface area contributed by atoms with Gasteiger partial charge in [-0.1, -0.05) is 0 Å². The van der Waals surface area contributed by atoms with E-state index in [2.05, 4.69) is 4.98 Å². The van der Waals surface area contributed by atoms with E-state index in [0.29, 0.717) is 44.0 Å². The lowest BCUT2D eigenvalue weighted by Gasteiger charge is -2.22. The SMILES string of the molecule is CCOc1ccc(C(=O)N2CCCN(C(=O)c3ccc[nH]3)CC2)cc1C. The zero-order chi connectivity index (χ0) is 18.5. The molecular weight excluding hydrogens is 330 g/mol. The summed E-state index contributed by atoms with van der Waals surface area (Å²) in [7, 11) is 0. The van der Waals surface area contributed by atoms with Crippen LogP contribution in [0.3, 0.4) is 0 Å². The summed E-state index contributed by atoms with van der Waals surface area (Å²) in [5.74, 6) is 0.800. The number of amides is 2. The van der Waals surface area contributed by atoms with Gasteiger partial charge in [0.25, 0.3) is 11.8 Å². The minimum absolute atomic E-state index is 0.00493. The number of aromatic amines is 1. The molecule has 1 aliphatic heterocycles. The van der Waals surface area contributed by atoms with Gasteiger partial charge in [0.2, 0.25) is 0 Å². The Bertz CT molecular complexity index is 771. The van der Waals surface area contributed by atoms with Gasteiger partial charge in [0.05, 0.1) is 6.61 Å². The minimum atomic E-state index is -0.0128. The van der Waals surface area contributed by atoms with Crippen molar-refractivity contribution >= 4 is 11.8 Å². The van der Waals surface area contributed by atoms with Crippen LogP contribution in [0.4, 0.5) is 0 Å².